The van der Waals surface area contributed by atoms with Crippen molar-refractivity contribution >= 4 is 22.7 Å². The van der Waals surface area contributed by atoms with Crippen LogP contribution in [0.15, 0.2) is 71.7 Å². The monoisotopic (exact) mass is 245 g/mol. The van der Waals surface area contributed by atoms with Crippen LogP contribution in [0, 0.1) is 6.92 Å². The maximum absolute atomic E-state index is 4.60. The van der Waals surface area contributed by atoms with Gasteiger partial charge < -0.3 is 0 Å². The van der Waals surface area contributed by atoms with Gasteiger partial charge in [-0.3, -0.25) is 4.99 Å². The first-order valence-corrected chi connectivity index (χ1v) is 6.42. The third-order valence-corrected chi connectivity index (χ3v) is 3.28. The molecule has 0 spiro atoms. The Morgan fingerprint density at radius 3 is 2.42 bits per heavy atom. The number of hydrogen-bond donors (Lipinski definition) is 0. The van der Waals surface area contributed by atoms with E-state index < -0.39 is 0 Å². The van der Waals surface area contributed by atoms with E-state index in [1.165, 1.54) is 16.3 Å². The number of fused-ring (bicyclic) bond motifs is 1. The molecule has 0 bridgehead atoms. The van der Waals surface area contributed by atoms with Gasteiger partial charge in [-0.2, -0.15) is 0 Å². The molecule has 0 N–H and O–H groups in total. The molecule has 92 valence electrons. The van der Waals surface area contributed by atoms with E-state index >= 15 is 0 Å². The van der Waals surface area contributed by atoms with Crippen molar-refractivity contribution in [2.24, 2.45) is 4.99 Å². The van der Waals surface area contributed by atoms with Crippen molar-refractivity contribution in [2.45, 2.75) is 6.92 Å². The fourth-order valence-corrected chi connectivity index (χ4v) is 2.21. The number of aryl methyl sites for hydroxylation is 1. The summed E-state index contributed by atoms with van der Waals surface area (Å²) in [5.74, 6) is 0. The molecule has 0 fully saturated rings. The molecule has 0 heterocycles. The van der Waals surface area contributed by atoms with Crippen LogP contribution in [0.5, 0.6) is 0 Å². The summed E-state index contributed by atoms with van der Waals surface area (Å²) < 4.78 is 0. The number of nitrogens with zero attached hydrogens (tertiary/aromatic N) is 1. The summed E-state index contributed by atoms with van der Waals surface area (Å²) in [7, 11) is 0. The largest absolute Gasteiger partial charge is 0.256 e. The molecule has 0 aliphatic rings. The van der Waals surface area contributed by atoms with Crippen LogP contribution in [-0.2, 0) is 0 Å². The Balaban J connectivity index is 2.04. The molecule has 0 saturated heterocycles. The predicted molar refractivity (Wildman–Crippen MR) is 82.4 cm³/mol. The molecule has 3 aromatic rings. The molecule has 3 rings (SSSR count). The van der Waals surface area contributed by atoms with E-state index in [0.29, 0.717) is 0 Å². The van der Waals surface area contributed by atoms with Gasteiger partial charge in [0.1, 0.15) is 0 Å². The van der Waals surface area contributed by atoms with Crippen molar-refractivity contribution in [3.63, 3.8) is 0 Å². The lowest BCUT2D eigenvalue weighted by Gasteiger charge is -2.02. The zero-order valence-electron chi connectivity index (χ0n) is 10.9. The first kappa shape index (κ1) is 11.7. The minimum atomic E-state index is 1.02. The highest BCUT2D eigenvalue weighted by molar-refractivity contribution is 6.00. The van der Waals surface area contributed by atoms with Gasteiger partial charge in [0, 0.05) is 11.8 Å². The molecule has 0 aromatic heterocycles. The fraction of sp³-hybridized carbons (Fsp3) is 0.0556. The quantitative estimate of drug-likeness (QED) is 0.569. The molecule has 0 radical (unpaired) electrons. The van der Waals surface area contributed by atoms with Gasteiger partial charge in [0.15, 0.2) is 0 Å². The van der Waals surface area contributed by atoms with Gasteiger partial charge in [-0.1, -0.05) is 60.7 Å². The van der Waals surface area contributed by atoms with Crippen molar-refractivity contribution in [1.29, 1.82) is 0 Å². The third-order valence-electron chi connectivity index (χ3n) is 3.28. The molecule has 0 atom stereocenters. The predicted octanol–water partition coefficient (Wildman–Crippen LogP) is 4.90. The van der Waals surface area contributed by atoms with Crippen molar-refractivity contribution in [2.75, 3.05) is 0 Å². The molecular formula is C18H15N. The molecule has 0 aliphatic carbocycles. The van der Waals surface area contributed by atoms with Crippen LogP contribution in [0.4, 0.5) is 5.69 Å². The zero-order valence-corrected chi connectivity index (χ0v) is 10.9. The minimum absolute atomic E-state index is 1.02. The lowest BCUT2D eigenvalue weighted by atomic mass is 10.1. The van der Waals surface area contributed by atoms with E-state index in [0.717, 1.165) is 11.3 Å². The molecule has 0 unspecified atom stereocenters. The van der Waals surface area contributed by atoms with Gasteiger partial charge in [0.2, 0.25) is 0 Å². The van der Waals surface area contributed by atoms with Crippen LogP contribution in [0.2, 0.25) is 0 Å². The molecule has 1 heteroatoms. The van der Waals surface area contributed by atoms with Gasteiger partial charge in [-0.15, -0.1) is 0 Å². The number of hydrogen-bond acceptors (Lipinski definition) is 1. The third kappa shape index (κ3) is 2.41. The second-order valence-corrected chi connectivity index (χ2v) is 4.61. The van der Waals surface area contributed by atoms with E-state index in [2.05, 4.69) is 60.4 Å². The zero-order chi connectivity index (χ0) is 13.1. The smallest absolute Gasteiger partial charge is 0.0659 e. The van der Waals surface area contributed by atoms with Gasteiger partial charge in [-0.25, -0.2) is 0 Å². The molecular weight excluding hydrogens is 230 g/mol. The molecule has 0 aliphatic heterocycles. The van der Waals surface area contributed by atoms with Crippen LogP contribution in [0.3, 0.4) is 0 Å². The SMILES string of the molecule is Cc1ccccc1N=Cc1cccc2ccccc12. The van der Waals surface area contributed by atoms with Gasteiger partial charge in [-0.05, 0) is 29.3 Å². The maximum atomic E-state index is 4.60. The second-order valence-electron chi connectivity index (χ2n) is 4.61. The lowest BCUT2D eigenvalue weighted by molar-refractivity contribution is 1.40. The summed E-state index contributed by atoms with van der Waals surface area (Å²) in [5.41, 5.74) is 3.37. The van der Waals surface area contributed by atoms with Crippen molar-refractivity contribution in [3.8, 4) is 0 Å². The first-order valence-electron chi connectivity index (χ1n) is 6.42. The summed E-state index contributed by atoms with van der Waals surface area (Å²) in [5, 5.41) is 2.48. The van der Waals surface area contributed by atoms with Crippen LogP contribution >= 0.6 is 0 Å². The second kappa shape index (κ2) is 5.07. The summed E-state index contributed by atoms with van der Waals surface area (Å²) in [4.78, 5) is 4.60. The van der Waals surface area contributed by atoms with Crippen molar-refractivity contribution < 1.29 is 0 Å². The molecule has 1 nitrogen and oxygen atoms in total. The summed E-state index contributed by atoms with van der Waals surface area (Å²) in [6, 6.07) is 22.8. The number of benzene rings is 3. The average Bonchev–Trinajstić information content (AvgIpc) is 2.46. The van der Waals surface area contributed by atoms with E-state index in [-0.39, 0.29) is 0 Å². The highest BCUT2D eigenvalue weighted by atomic mass is 14.7. The number of aliphatic imine (C=N–C) groups is 1. The first-order chi connectivity index (χ1) is 9.34. The van der Waals surface area contributed by atoms with Crippen LogP contribution in [-0.4, -0.2) is 6.21 Å². The Hall–Kier alpha value is -2.41. The molecule has 19 heavy (non-hydrogen) atoms. The molecule has 3 aromatic carbocycles. The van der Waals surface area contributed by atoms with Gasteiger partial charge in [0.05, 0.1) is 5.69 Å². The van der Waals surface area contributed by atoms with Crippen LogP contribution in [0.25, 0.3) is 10.8 Å². The van der Waals surface area contributed by atoms with E-state index in [1.54, 1.807) is 0 Å². The van der Waals surface area contributed by atoms with Crippen molar-refractivity contribution in [1.82, 2.24) is 0 Å². The Morgan fingerprint density at radius 1 is 0.789 bits per heavy atom. The van der Waals surface area contributed by atoms with E-state index in [9.17, 15) is 0 Å². The van der Waals surface area contributed by atoms with Gasteiger partial charge in [0.25, 0.3) is 0 Å². The molecule has 0 amide bonds. The van der Waals surface area contributed by atoms with E-state index in [4.69, 9.17) is 0 Å². The Bertz CT molecular complexity index is 736. The fourth-order valence-electron chi connectivity index (χ4n) is 2.21. The average molecular weight is 245 g/mol. The molecule has 0 saturated carbocycles. The van der Waals surface area contributed by atoms with Crippen molar-refractivity contribution in [3.05, 3.63) is 77.9 Å². The Kier molecular flexibility index (Phi) is 3.11. The Morgan fingerprint density at radius 2 is 1.53 bits per heavy atom. The Labute approximate surface area is 113 Å². The van der Waals surface area contributed by atoms with E-state index in [1.807, 2.05) is 24.4 Å². The van der Waals surface area contributed by atoms with Crippen LogP contribution in [0.1, 0.15) is 11.1 Å². The topological polar surface area (TPSA) is 12.4 Å². The normalized spacial score (nSPS) is 11.2. The van der Waals surface area contributed by atoms with Gasteiger partial charge >= 0.3 is 0 Å². The summed E-state index contributed by atoms with van der Waals surface area (Å²) in [6.07, 6.45) is 1.95. The summed E-state index contributed by atoms with van der Waals surface area (Å²) in [6.45, 7) is 2.08. The standard InChI is InChI=1S/C18H15N/c1-14-7-2-5-12-18(14)19-13-16-10-6-9-15-8-3-4-11-17(15)16/h2-13H,1H3. The number of rotatable bonds is 2. The van der Waals surface area contributed by atoms with Crippen LogP contribution < -0.4 is 0 Å². The summed E-state index contributed by atoms with van der Waals surface area (Å²) >= 11 is 0. The lowest BCUT2D eigenvalue weighted by Crippen LogP contribution is -1.84. The number of para-hydroxylation sites is 1. The minimum Gasteiger partial charge on any atom is -0.256 e. The highest BCUT2D eigenvalue weighted by Crippen LogP contribution is 2.20. The maximum Gasteiger partial charge on any atom is 0.0659 e. The highest BCUT2D eigenvalue weighted by Gasteiger charge is 1.98.